The Morgan fingerprint density at radius 2 is 2.04 bits per heavy atom. The van der Waals surface area contributed by atoms with Crippen molar-refractivity contribution in [3.05, 3.63) is 47.4 Å². The Morgan fingerprint density at radius 1 is 1.22 bits per heavy atom. The number of aromatic nitrogens is 5. The predicted octanol–water partition coefficient (Wildman–Crippen LogP) is 1.81. The van der Waals surface area contributed by atoms with Crippen LogP contribution in [0.25, 0.3) is 5.65 Å². The molecule has 1 aliphatic rings. The number of piperidine rings is 1. The van der Waals surface area contributed by atoms with Gasteiger partial charge in [0.1, 0.15) is 5.69 Å². The standard InChI is InChI=1S/C19H22N6O2/c1-12-9-16-21-15(10-13(2)25(16)22-12)19(27)24-7-4-5-14(11-24)17(26)18-20-6-8-23(18)3/h6,8-10,14H,4-5,7,11H2,1-3H3/t14-/m1/s1. The lowest BCUT2D eigenvalue weighted by Gasteiger charge is -2.31. The van der Waals surface area contributed by atoms with E-state index >= 15 is 0 Å². The highest BCUT2D eigenvalue weighted by Gasteiger charge is 2.31. The largest absolute Gasteiger partial charge is 0.337 e. The van der Waals surface area contributed by atoms with E-state index in [1.807, 2.05) is 19.9 Å². The number of nitrogens with zero attached hydrogens (tertiary/aromatic N) is 6. The molecule has 4 rings (SSSR count). The van der Waals surface area contributed by atoms with Gasteiger partial charge in [-0.25, -0.2) is 14.5 Å². The Bertz CT molecular complexity index is 1030. The third kappa shape index (κ3) is 3.11. The lowest BCUT2D eigenvalue weighted by molar-refractivity contribution is 0.0628. The normalized spacial score (nSPS) is 17.4. The summed E-state index contributed by atoms with van der Waals surface area (Å²) in [7, 11) is 1.81. The first-order chi connectivity index (χ1) is 12.9. The molecule has 1 amide bonds. The van der Waals surface area contributed by atoms with E-state index in [-0.39, 0.29) is 17.6 Å². The minimum Gasteiger partial charge on any atom is -0.337 e. The predicted molar refractivity (Wildman–Crippen MR) is 98.6 cm³/mol. The second-order valence-corrected chi connectivity index (χ2v) is 7.15. The molecule has 0 N–H and O–H groups in total. The van der Waals surface area contributed by atoms with Crippen LogP contribution in [-0.2, 0) is 7.05 Å². The Morgan fingerprint density at radius 3 is 2.78 bits per heavy atom. The number of carbonyl (C=O) groups excluding carboxylic acids is 2. The van der Waals surface area contributed by atoms with Crippen molar-refractivity contribution in [1.29, 1.82) is 0 Å². The van der Waals surface area contributed by atoms with Gasteiger partial charge in [-0.15, -0.1) is 0 Å². The Kier molecular flexibility index (Phi) is 4.25. The lowest BCUT2D eigenvalue weighted by atomic mass is 9.93. The zero-order chi connectivity index (χ0) is 19.1. The van der Waals surface area contributed by atoms with Crippen molar-refractivity contribution in [2.45, 2.75) is 26.7 Å². The molecule has 8 nitrogen and oxygen atoms in total. The van der Waals surface area contributed by atoms with Crippen molar-refractivity contribution in [3.63, 3.8) is 0 Å². The van der Waals surface area contributed by atoms with Crippen molar-refractivity contribution >= 4 is 17.3 Å². The highest BCUT2D eigenvalue weighted by atomic mass is 16.2. The number of hydrogen-bond acceptors (Lipinski definition) is 5. The first kappa shape index (κ1) is 17.4. The Balaban J connectivity index is 1.57. The van der Waals surface area contributed by atoms with Crippen molar-refractivity contribution in [3.8, 4) is 0 Å². The molecule has 0 saturated carbocycles. The van der Waals surface area contributed by atoms with Crippen LogP contribution in [0.1, 0.15) is 45.3 Å². The van der Waals surface area contributed by atoms with Gasteiger partial charge < -0.3 is 9.47 Å². The van der Waals surface area contributed by atoms with Crippen LogP contribution < -0.4 is 0 Å². The molecule has 140 valence electrons. The number of rotatable bonds is 3. The van der Waals surface area contributed by atoms with Crippen molar-refractivity contribution in [2.24, 2.45) is 13.0 Å². The molecule has 0 radical (unpaired) electrons. The number of carbonyl (C=O) groups is 2. The van der Waals surface area contributed by atoms with Crippen LogP contribution >= 0.6 is 0 Å². The number of Topliss-reactive ketones (excluding diaryl/α,β-unsaturated/α-hetero) is 1. The number of imidazole rings is 1. The quantitative estimate of drug-likeness (QED) is 0.660. The summed E-state index contributed by atoms with van der Waals surface area (Å²) in [5, 5.41) is 4.37. The van der Waals surface area contributed by atoms with E-state index in [1.165, 1.54) is 0 Å². The molecule has 1 aliphatic heterocycles. The molecular formula is C19H22N6O2. The zero-order valence-corrected chi connectivity index (χ0v) is 15.7. The average molecular weight is 366 g/mol. The van der Waals surface area contributed by atoms with E-state index < -0.39 is 0 Å². The zero-order valence-electron chi connectivity index (χ0n) is 15.7. The molecule has 3 aromatic heterocycles. The smallest absolute Gasteiger partial charge is 0.272 e. The first-order valence-corrected chi connectivity index (χ1v) is 9.09. The summed E-state index contributed by atoms with van der Waals surface area (Å²) < 4.78 is 3.46. The minimum atomic E-state index is -0.231. The highest BCUT2D eigenvalue weighted by molar-refractivity contribution is 5.97. The summed E-state index contributed by atoms with van der Waals surface area (Å²) in [6, 6.07) is 3.61. The van der Waals surface area contributed by atoms with Gasteiger partial charge >= 0.3 is 0 Å². The molecule has 1 saturated heterocycles. The summed E-state index contributed by atoms with van der Waals surface area (Å²) in [6.45, 7) is 4.83. The summed E-state index contributed by atoms with van der Waals surface area (Å²) in [5.41, 5.74) is 2.77. The van der Waals surface area contributed by atoms with E-state index in [0.717, 1.165) is 24.2 Å². The van der Waals surface area contributed by atoms with Gasteiger partial charge in [-0.1, -0.05) is 0 Å². The molecule has 4 heterocycles. The molecule has 1 atom stereocenters. The highest BCUT2D eigenvalue weighted by Crippen LogP contribution is 2.22. The van der Waals surface area contributed by atoms with Crippen LogP contribution in [0.4, 0.5) is 0 Å². The van der Waals surface area contributed by atoms with Crippen LogP contribution in [0.5, 0.6) is 0 Å². The van der Waals surface area contributed by atoms with Crippen LogP contribution in [0.3, 0.4) is 0 Å². The maximum absolute atomic E-state index is 13.0. The molecule has 27 heavy (non-hydrogen) atoms. The van der Waals surface area contributed by atoms with Crippen LogP contribution in [0, 0.1) is 19.8 Å². The van der Waals surface area contributed by atoms with Crippen LogP contribution in [0.15, 0.2) is 24.5 Å². The van der Waals surface area contributed by atoms with Gasteiger partial charge in [-0.3, -0.25) is 9.59 Å². The van der Waals surface area contributed by atoms with Gasteiger partial charge in [-0.2, -0.15) is 5.10 Å². The Hall–Kier alpha value is -3.03. The molecule has 8 heteroatoms. The molecule has 1 fully saturated rings. The molecule has 0 unspecified atom stereocenters. The molecule has 0 aliphatic carbocycles. The van der Waals surface area contributed by atoms with Gasteiger partial charge in [0.25, 0.3) is 5.91 Å². The number of likely N-dealkylation sites (tertiary alicyclic amines) is 1. The summed E-state index contributed by atoms with van der Waals surface area (Å²) >= 11 is 0. The van der Waals surface area contributed by atoms with E-state index in [4.69, 9.17) is 0 Å². The van der Waals surface area contributed by atoms with Gasteiger partial charge in [0.05, 0.1) is 5.69 Å². The number of aryl methyl sites for hydroxylation is 3. The van der Waals surface area contributed by atoms with Crippen LogP contribution in [-0.4, -0.2) is 53.8 Å². The van der Waals surface area contributed by atoms with E-state index in [2.05, 4.69) is 15.1 Å². The third-order valence-corrected chi connectivity index (χ3v) is 5.07. The molecule has 0 spiro atoms. The van der Waals surface area contributed by atoms with Gasteiger partial charge in [-0.05, 0) is 32.8 Å². The fraction of sp³-hybridized carbons (Fsp3) is 0.421. The summed E-state index contributed by atoms with van der Waals surface area (Å²) in [6.07, 6.45) is 4.94. The fourth-order valence-corrected chi connectivity index (χ4v) is 3.67. The molecule has 3 aromatic rings. The fourth-order valence-electron chi connectivity index (χ4n) is 3.67. The van der Waals surface area contributed by atoms with Crippen molar-refractivity contribution in [2.75, 3.05) is 13.1 Å². The van der Waals surface area contributed by atoms with E-state index in [1.54, 1.807) is 39.5 Å². The summed E-state index contributed by atoms with van der Waals surface area (Å²) in [5.74, 6) is 0.0630. The second kappa shape index (κ2) is 6.61. The monoisotopic (exact) mass is 366 g/mol. The summed E-state index contributed by atoms with van der Waals surface area (Å²) in [4.78, 5) is 36.2. The van der Waals surface area contributed by atoms with E-state index in [9.17, 15) is 9.59 Å². The maximum Gasteiger partial charge on any atom is 0.272 e. The van der Waals surface area contributed by atoms with Gasteiger partial charge in [0.15, 0.2) is 11.5 Å². The average Bonchev–Trinajstić information content (AvgIpc) is 3.25. The van der Waals surface area contributed by atoms with Crippen LogP contribution in [0.2, 0.25) is 0 Å². The first-order valence-electron chi connectivity index (χ1n) is 9.09. The van der Waals surface area contributed by atoms with Gasteiger partial charge in [0.2, 0.25) is 5.78 Å². The van der Waals surface area contributed by atoms with Crippen molar-refractivity contribution in [1.82, 2.24) is 29.0 Å². The van der Waals surface area contributed by atoms with Gasteiger partial charge in [0, 0.05) is 50.2 Å². The maximum atomic E-state index is 13.0. The third-order valence-electron chi connectivity index (χ3n) is 5.07. The number of amides is 1. The SMILES string of the molecule is Cc1cc2nc(C(=O)N3CCC[C@@H](C(=O)c4nccn4C)C3)cc(C)n2n1. The molecule has 0 aromatic carbocycles. The molecule has 0 bridgehead atoms. The number of fused-ring (bicyclic) bond motifs is 1. The number of hydrogen-bond donors (Lipinski definition) is 0. The minimum absolute atomic E-state index is 0.00833. The molecular weight excluding hydrogens is 344 g/mol. The Labute approximate surface area is 156 Å². The topological polar surface area (TPSA) is 85.4 Å². The van der Waals surface area contributed by atoms with Crippen molar-refractivity contribution < 1.29 is 9.59 Å². The lowest BCUT2D eigenvalue weighted by Crippen LogP contribution is -2.43. The number of ketones is 1. The second-order valence-electron chi connectivity index (χ2n) is 7.15. The van der Waals surface area contributed by atoms with E-state index in [0.29, 0.717) is 30.3 Å².